The molecule has 0 atom stereocenters. The molecule has 0 radical (unpaired) electrons. The van der Waals surface area contributed by atoms with Gasteiger partial charge in [0, 0.05) is 11.3 Å². The topological polar surface area (TPSA) is 93.2 Å². The summed E-state index contributed by atoms with van der Waals surface area (Å²) in [7, 11) is 0. The minimum Gasteiger partial charge on any atom is -0.491 e. The quantitative estimate of drug-likeness (QED) is 0.391. The summed E-state index contributed by atoms with van der Waals surface area (Å²) in [6.45, 7) is 5.87. The maximum absolute atomic E-state index is 12.4. The molecule has 30 heavy (non-hydrogen) atoms. The Morgan fingerprint density at radius 2 is 1.73 bits per heavy atom. The van der Waals surface area contributed by atoms with Crippen molar-refractivity contribution >= 4 is 45.7 Å². The van der Waals surface area contributed by atoms with Gasteiger partial charge in [0.05, 0.1) is 11.9 Å². The summed E-state index contributed by atoms with van der Waals surface area (Å²) in [5.74, 6) is 0.498. The maximum Gasteiger partial charge on any atom is 0.257 e. The van der Waals surface area contributed by atoms with Gasteiger partial charge in [-0.05, 0) is 57.2 Å². The van der Waals surface area contributed by atoms with Crippen LogP contribution in [-0.2, 0) is 4.79 Å². The predicted octanol–water partition coefficient (Wildman–Crippen LogP) is 4.62. The largest absolute Gasteiger partial charge is 0.491 e. The molecular weight excluding hydrogens is 420 g/mol. The Hall–Kier alpha value is -2.91. The lowest BCUT2D eigenvalue weighted by Gasteiger charge is -2.09. The SMILES string of the molecule is Cc1ccc(NC(=O)CSc2nnc(NC(=O)c3ccc(OC(C)C)cc3)s2)cc1. The average Bonchev–Trinajstić information content (AvgIpc) is 3.15. The van der Waals surface area contributed by atoms with E-state index in [2.05, 4.69) is 20.8 Å². The second-order valence-corrected chi connectivity index (χ2v) is 8.92. The van der Waals surface area contributed by atoms with E-state index in [1.165, 1.54) is 23.1 Å². The summed E-state index contributed by atoms with van der Waals surface area (Å²) in [4.78, 5) is 24.4. The van der Waals surface area contributed by atoms with E-state index >= 15 is 0 Å². The number of nitrogens with one attached hydrogen (secondary N) is 2. The highest BCUT2D eigenvalue weighted by Gasteiger charge is 2.12. The number of rotatable bonds is 8. The molecule has 0 aliphatic carbocycles. The monoisotopic (exact) mass is 442 g/mol. The highest BCUT2D eigenvalue weighted by atomic mass is 32.2. The zero-order valence-electron chi connectivity index (χ0n) is 16.8. The number of thioether (sulfide) groups is 1. The van der Waals surface area contributed by atoms with Crippen LogP contribution in [0.25, 0.3) is 0 Å². The van der Waals surface area contributed by atoms with Crippen LogP contribution in [0.5, 0.6) is 5.75 Å². The molecule has 2 amide bonds. The van der Waals surface area contributed by atoms with Crippen molar-refractivity contribution in [2.45, 2.75) is 31.2 Å². The number of amides is 2. The Bertz CT molecular complexity index is 1000. The maximum atomic E-state index is 12.4. The van der Waals surface area contributed by atoms with E-state index in [0.717, 1.165) is 11.3 Å². The van der Waals surface area contributed by atoms with Gasteiger partial charge in [-0.1, -0.05) is 40.8 Å². The number of hydrogen-bond donors (Lipinski definition) is 2. The highest BCUT2D eigenvalue weighted by molar-refractivity contribution is 8.01. The second-order valence-electron chi connectivity index (χ2n) is 6.72. The van der Waals surface area contributed by atoms with Crippen LogP contribution in [0, 0.1) is 6.92 Å². The number of anilines is 2. The third kappa shape index (κ3) is 6.57. The van der Waals surface area contributed by atoms with Crippen LogP contribution in [0.1, 0.15) is 29.8 Å². The molecule has 3 aromatic rings. The first-order chi connectivity index (χ1) is 14.4. The van der Waals surface area contributed by atoms with E-state index in [-0.39, 0.29) is 23.7 Å². The van der Waals surface area contributed by atoms with Gasteiger partial charge in [-0.2, -0.15) is 0 Å². The Morgan fingerprint density at radius 3 is 2.40 bits per heavy atom. The second kappa shape index (κ2) is 10.2. The lowest BCUT2D eigenvalue weighted by atomic mass is 10.2. The molecule has 0 bridgehead atoms. The molecule has 0 saturated carbocycles. The first kappa shape index (κ1) is 21.8. The van der Waals surface area contributed by atoms with Crippen LogP contribution >= 0.6 is 23.1 Å². The fourth-order valence-electron chi connectivity index (χ4n) is 2.41. The summed E-state index contributed by atoms with van der Waals surface area (Å²) in [6.07, 6.45) is 0.0703. The number of aryl methyl sites for hydroxylation is 1. The van der Waals surface area contributed by atoms with Crippen molar-refractivity contribution in [3.63, 3.8) is 0 Å². The van der Waals surface area contributed by atoms with Crippen molar-refractivity contribution in [2.75, 3.05) is 16.4 Å². The summed E-state index contributed by atoms with van der Waals surface area (Å²) in [5.41, 5.74) is 2.37. The van der Waals surface area contributed by atoms with E-state index in [4.69, 9.17) is 4.74 Å². The van der Waals surface area contributed by atoms with E-state index in [9.17, 15) is 9.59 Å². The predicted molar refractivity (Wildman–Crippen MR) is 121 cm³/mol. The lowest BCUT2D eigenvalue weighted by Crippen LogP contribution is -2.13. The fourth-order valence-corrected chi connectivity index (χ4v) is 3.95. The molecule has 3 rings (SSSR count). The minimum atomic E-state index is -0.282. The number of aromatic nitrogens is 2. The zero-order valence-corrected chi connectivity index (χ0v) is 18.5. The molecule has 0 spiro atoms. The van der Waals surface area contributed by atoms with Gasteiger partial charge in [-0.15, -0.1) is 10.2 Å². The minimum absolute atomic E-state index is 0.0703. The van der Waals surface area contributed by atoms with Gasteiger partial charge in [0.2, 0.25) is 11.0 Å². The molecule has 9 heteroatoms. The van der Waals surface area contributed by atoms with Crippen LogP contribution in [0.2, 0.25) is 0 Å². The molecule has 0 fully saturated rings. The summed E-state index contributed by atoms with van der Waals surface area (Å²) in [6, 6.07) is 14.5. The number of nitrogens with zero attached hydrogens (tertiary/aromatic N) is 2. The summed E-state index contributed by atoms with van der Waals surface area (Å²) < 4.78 is 6.17. The average molecular weight is 443 g/mol. The molecule has 0 saturated heterocycles. The molecule has 1 heterocycles. The zero-order chi connectivity index (χ0) is 21.5. The lowest BCUT2D eigenvalue weighted by molar-refractivity contribution is -0.113. The van der Waals surface area contributed by atoms with Crippen molar-refractivity contribution in [1.82, 2.24) is 10.2 Å². The first-order valence-corrected chi connectivity index (χ1v) is 11.1. The van der Waals surface area contributed by atoms with Gasteiger partial charge >= 0.3 is 0 Å². The summed E-state index contributed by atoms with van der Waals surface area (Å²) in [5, 5.41) is 13.9. The van der Waals surface area contributed by atoms with Crippen LogP contribution in [-0.4, -0.2) is 33.9 Å². The van der Waals surface area contributed by atoms with Gasteiger partial charge in [-0.25, -0.2) is 0 Å². The molecule has 156 valence electrons. The van der Waals surface area contributed by atoms with Gasteiger partial charge in [0.15, 0.2) is 4.34 Å². The van der Waals surface area contributed by atoms with Gasteiger partial charge in [0.25, 0.3) is 5.91 Å². The van der Waals surface area contributed by atoms with E-state index < -0.39 is 0 Å². The Labute approximate surface area is 183 Å². The fraction of sp³-hybridized carbons (Fsp3) is 0.238. The highest BCUT2D eigenvalue weighted by Crippen LogP contribution is 2.26. The molecule has 0 aliphatic heterocycles. The van der Waals surface area contributed by atoms with Crippen LogP contribution in [0.3, 0.4) is 0 Å². The number of carbonyl (C=O) groups excluding carboxylic acids is 2. The molecular formula is C21H22N4O3S2. The number of hydrogen-bond acceptors (Lipinski definition) is 7. The van der Waals surface area contributed by atoms with Gasteiger partial charge in [-0.3, -0.25) is 14.9 Å². The van der Waals surface area contributed by atoms with Crippen LogP contribution in [0.15, 0.2) is 52.9 Å². The number of carbonyl (C=O) groups is 2. The Kier molecular flexibility index (Phi) is 7.42. The Balaban J connectivity index is 1.49. The molecule has 7 nitrogen and oxygen atoms in total. The third-order valence-electron chi connectivity index (χ3n) is 3.78. The van der Waals surface area contributed by atoms with E-state index in [1.807, 2.05) is 45.0 Å². The van der Waals surface area contributed by atoms with Crippen LogP contribution in [0.4, 0.5) is 10.8 Å². The Morgan fingerprint density at radius 1 is 1.03 bits per heavy atom. The van der Waals surface area contributed by atoms with Crippen molar-refractivity contribution < 1.29 is 14.3 Å². The van der Waals surface area contributed by atoms with E-state index in [0.29, 0.717) is 20.8 Å². The van der Waals surface area contributed by atoms with Crippen molar-refractivity contribution in [2.24, 2.45) is 0 Å². The first-order valence-electron chi connectivity index (χ1n) is 9.30. The van der Waals surface area contributed by atoms with Crippen molar-refractivity contribution in [3.8, 4) is 5.75 Å². The number of ether oxygens (including phenoxy) is 1. The molecule has 1 aromatic heterocycles. The molecule has 0 unspecified atom stereocenters. The van der Waals surface area contributed by atoms with E-state index in [1.54, 1.807) is 24.3 Å². The van der Waals surface area contributed by atoms with Gasteiger partial charge in [0.1, 0.15) is 5.75 Å². The molecule has 2 N–H and O–H groups in total. The van der Waals surface area contributed by atoms with Gasteiger partial charge < -0.3 is 10.1 Å². The summed E-state index contributed by atoms with van der Waals surface area (Å²) >= 11 is 2.49. The number of benzene rings is 2. The molecule has 0 aliphatic rings. The molecule has 2 aromatic carbocycles. The normalized spacial score (nSPS) is 10.7. The smallest absolute Gasteiger partial charge is 0.257 e. The van der Waals surface area contributed by atoms with Crippen LogP contribution < -0.4 is 15.4 Å². The van der Waals surface area contributed by atoms with Crippen molar-refractivity contribution in [1.29, 1.82) is 0 Å². The standard InChI is InChI=1S/C21H22N4O3S2/c1-13(2)28-17-10-6-15(7-11-17)19(27)23-20-24-25-21(30-20)29-12-18(26)22-16-8-4-14(3)5-9-16/h4-11,13H,12H2,1-3H3,(H,22,26)(H,23,24,27). The van der Waals surface area contributed by atoms with Crippen molar-refractivity contribution in [3.05, 3.63) is 59.7 Å². The third-order valence-corrected chi connectivity index (χ3v) is 5.75.